The van der Waals surface area contributed by atoms with Crippen molar-refractivity contribution in [2.45, 2.75) is 174 Å². The zero-order chi connectivity index (χ0) is 36.4. The Morgan fingerprint density at radius 3 is 1.69 bits per heavy atom. The number of carbonyl (C=O) groups excluding carboxylic acids is 2. The average molecular weight is 718 g/mol. The number of aliphatic carboxylic acids is 1. The summed E-state index contributed by atoms with van der Waals surface area (Å²) in [6.45, 7) is 2.50. The molecule has 0 aromatic carbocycles. The second-order valence-electron chi connectivity index (χ2n) is 12.8. The molecule has 0 spiro atoms. The molecule has 1 amide bonds. The Hall–Kier alpha value is -2.04. The van der Waals surface area contributed by atoms with Crippen molar-refractivity contribution in [1.29, 1.82) is 0 Å². The lowest BCUT2D eigenvalue weighted by molar-refractivity contribution is -0.147. The summed E-state index contributed by atoms with van der Waals surface area (Å²) < 4.78 is 26.7. The molecule has 3 atom stereocenters. The van der Waals surface area contributed by atoms with Crippen molar-refractivity contribution >= 4 is 25.7 Å². The van der Waals surface area contributed by atoms with Crippen molar-refractivity contribution < 1.29 is 47.8 Å². The van der Waals surface area contributed by atoms with Crippen LogP contribution in [0, 0.1) is 0 Å². The van der Waals surface area contributed by atoms with Gasteiger partial charge in [0.15, 0.2) is 6.04 Å². The number of hydrogen-bond acceptors (Lipinski definition) is 8. The Balaban J connectivity index is 3.97. The maximum atomic E-state index is 12.2. The van der Waals surface area contributed by atoms with Crippen molar-refractivity contribution in [3.8, 4) is 0 Å². The number of phosphoric ester groups is 1. The second-order valence-corrected chi connectivity index (χ2v) is 14.2. The molecule has 12 heteroatoms. The fourth-order valence-electron chi connectivity index (χ4n) is 4.99. The van der Waals surface area contributed by atoms with E-state index >= 15 is 0 Å². The van der Waals surface area contributed by atoms with Gasteiger partial charge >= 0.3 is 19.8 Å². The van der Waals surface area contributed by atoms with Crippen LogP contribution in [-0.4, -0.2) is 64.9 Å². The Morgan fingerprint density at radius 1 is 0.653 bits per heavy atom. The zero-order valence-corrected chi connectivity index (χ0v) is 31.4. The Morgan fingerprint density at radius 2 is 1.12 bits per heavy atom. The Kier molecular flexibility index (Phi) is 31.7. The number of carbonyl (C=O) groups is 3. The number of rotatable bonds is 35. The molecule has 0 radical (unpaired) electrons. The number of carboxylic acid groups (broad SMARTS) is 1. The van der Waals surface area contributed by atoms with E-state index in [0.717, 1.165) is 64.2 Å². The fraction of sp³-hybridized carbons (Fsp3) is 0.811. The van der Waals surface area contributed by atoms with E-state index in [4.69, 9.17) is 13.8 Å². The van der Waals surface area contributed by atoms with Crippen molar-refractivity contribution in [3.05, 3.63) is 24.3 Å². The number of esters is 1. The van der Waals surface area contributed by atoms with E-state index in [2.05, 4.69) is 43.5 Å². The molecular weight excluding hydrogens is 649 g/mol. The van der Waals surface area contributed by atoms with Crippen LogP contribution in [0.2, 0.25) is 0 Å². The van der Waals surface area contributed by atoms with E-state index in [0.29, 0.717) is 12.8 Å². The minimum absolute atomic E-state index is 0.147. The molecule has 3 unspecified atom stereocenters. The maximum absolute atomic E-state index is 12.2. The molecule has 4 N–H and O–H groups in total. The van der Waals surface area contributed by atoms with Crippen LogP contribution in [0.15, 0.2) is 24.3 Å². The summed E-state index contributed by atoms with van der Waals surface area (Å²) in [6.07, 6.45) is 30.7. The molecule has 0 rings (SSSR count). The normalized spacial score (nSPS) is 14.2. The van der Waals surface area contributed by atoms with E-state index in [1.807, 2.05) is 0 Å². The number of ether oxygens (including phenoxy) is 1. The van der Waals surface area contributed by atoms with Gasteiger partial charge in [0.05, 0.1) is 13.2 Å². The standard InChI is InChI=1S/C37H68NO10P/c1-3-5-7-9-11-13-15-16-17-18-19-21-23-25-27-29-36(41)46-30-33(39)31-47-49(44,45)48-32-34(37(42)43)38-35(40)28-26-24-22-20-14-12-10-8-6-4-2/h11,13,16-17,33-34,39H,3-10,12,14-15,18-32H2,1-2H3,(H,38,40)(H,42,43)(H,44,45)/b13-11-,17-16-. The Labute approximate surface area is 296 Å². The lowest BCUT2D eigenvalue weighted by Crippen LogP contribution is -2.43. The molecule has 0 aliphatic heterocycles. The quantitative estimate of drug-likeness (QED) is 0.0215. The average Bonchev–Trinajstić information content (AvgIpc) is 3.07. The largest absolute Gasteiger partial charge is 0.480 e. The van der Waals surface area contributed by atoms with E-state index in [1.165, 1.54) is 57.8 Å². The number of aliphatic hydroxyl groups excluding tert-OH is 1. The van der Waals surface area contributed by atoms with Gasteiger partial charge in [0.1, 0.15) is 12.7 Å². The van der Waals surface area contributed by atoms with Crippen LogP contribution in [0.25, 0.3) is 0 Å². The number of carboxylic acids is 1. The molecule has 0 bridgehead atoms. The summed E-state index contributed by atoms with van der Waals surface area (Å²) in [5, 5.41) is 21.7. The van der Waals surface area contributed by atoms with Crippen molar-refractivity contribution in [2.75, 3.05) is 19.8 Å². The van der Waals surface area contributed by atoms with Crippen LogP contribution >= 0.6 is 7.82 Å². The SMILES string of the molecule is CCCCC/C=C\C/C=C\CCCCCCCC(=O)OCC(O)COP(=O)(O)OCC(NC(=O)CCCCCCCCCCCC)C(=O)O. The van der Waals surface area contributed by atoms with Gasteiger partial charge in [-0.2, -0.15) is 0 Å². The highest BCUT2D eigenvalue weighted by atomic mass is 31.2. The second kappa shape index (κ2) is 33.1. The van der Waals surface area contributed by atoms with Gasteiger partial charge in [0, 0.05) is 12.8 Å². The van der Waals surface area contributed by atoms with Crippen LogP contribution in [0.1, 0.15) is 162 Å². The van der Waals surface area contributed by atoms with Crippen LogP contribution < -0.4 is 5.32 Å². The summed E-state index contributed by atoms with van der Waals surface area (Å²) in [5.41, 5.74) is 0. The highest BCUT2D eigenvalue weighted by Crippen LogP contribution is 2.43. The number of nitrogens with one attached hydrogen (secondary N) is 1. The Bertz CT molecular complexity index is 942. The predicted molar refractivity (Wildman–Crippen MR) is 194 cm³/mol. The molecule has 0 aromatic rings. The zero-order valence-electron chi connectivity index (χ0n) is 30.5. The first kappa shape index (κ1) is 47.0. The van der Waals surface area contributed by atoms with Gasteiger partial charge in [-0.1, -0.05) is 128 Å². The van der Waals surface area contributed by atoms with E-state index in [1.54, 1.807) is 0 Å². The number of unbranched alkanes of at least 4 members (excludes halogenated alkanes) is 17. The molecule has 0 fully saturated rings. The summed E-state index contributed by atoms with van der Waals surface area (Å²) in [6, 6.07) is -1.54. The first-order valence-electron chi connectivity index (χ1n) is 18.9. The first-order valence-corrected chi connectivity index (χ1v) is 20.4. The molecule has 0 saturated heterocycles. The van der Waals surface area contributed by atoms with Crippen LogP contribution in [0.4, 0.5) is 0 Å². The van der Waals surface area contributed by atoms with Crippen molar-refractivity contribution in [1.82, 2.24) is 5.32 Å². The molecule has 0 heterocycles. The predicted octanol–water partition coefficient (Wildman–Crippen LogP) is 8.72. The minimum Gasteiger partial charge on any atom is -0.480 e. The number of amides is 1. The summed E-state index contributed by atoms with van der Waals surface area (Å²) in [5.74, 6) is -2.39. The van der Waals surface area contributed by atoms with Gasteiger partial charge in [-0.3, -0.25) is 18.6 Å². The number of hydrogen-bond donors (Lipinski definition) is 4. The molecule has 0 aliphatic rings. The number of allylic oxidation sites excluding steroid dienone is 4. The third kappa shape index (κ3) is 32.9. The van der Waals surface area contributed by atoms with Gasteiger partial charge in [-0.25, -0.2) is 9.36 Å². The van der Waals surface area contributed by atoms with Crippen molar-refractivity contribution in [3.63, 3.8) is 0 Å². The molecule has 286 valence electrons. The minimum atomic E-state index is -4.75. The number of aliphatic hydroxyl groups is 1. The lowest BCUT2D eigenvalue weighted by Gasteiger charge is -2.18. The summed E-state index contributed by atoms with van der Waals surface area (Å²) in [4.78, 5) is 45.6. The van der Waals surface area contributed by atoms with Gasteiger partial charge in [-0.05, 0) is 44.9 Å². The van der Waals surface area contributed by atoms with Gasteiger partial charge in [0.2, 0.25) is 5.91 Å². The fourth-order valence-corrected chi connectivity index (χ4v) is 5.76. The molecule has 0 aromatic heterocycles. The smallest absolute Gasteiger partial charge is 0.472 e. The van der Waals surface area contributed by atoms with Gasteiger partial charge in [0.25, 0.3) is 0 Å². The summed E-state index contributed by atoms with van der Waals surface area (Å²) >= 11 is 0. The van der Waals surface area contributed by atoms with E-state index < -0.39 is 57.6 Å². The maximum Gasteiger partial charge on any atom is 0.472 e. The number of phosphoric acid groups is 1. The van der Waals surface area contributed by atoms with E-state index in [-0.39, 0.29) is 12.8 Å². The van der Waals surface area contributed by atoms with Gasteiger partial charge in [-0.15, -0.1) is 0 Å². The third-order valence-corrected chi connectivity index (χ3v) is 8.94. The highest BCUT2D eigenvalue weighted by molar-refractivity contribution is 7.47. The first-order chi connectivity index (χ1) is 23.6. The van der Waals surface area contributed by atoms with Crippen LogP contribution in [-0.2, 0) is 32.7 Å². The molecule has 0 saturated carbocycles. The monoisotopic (exact) mass is 717 g/mol. The van der Waals surface area contributed by atoms with Crippen LogP contribution in [0.3, 0.4) is 0 Å². The highest BCUT2D eigenvalue weighted by Gasteiger charge is 2.28. The molecule has 49 heavy (non-hydrogen) atoms. The van der Waals surface area contributed by atoms with E-state index in [9.17, 15) is 34.1 Å². The lowest BCUT2D eigenvalue weighted by atomic mass is 10.1. The molecule has 0 aliphatic carbocycles. The molecular formula is C37H68NO10P. The molecule has 11 nitrogen and oxygen atoms in total. The summed E-state index contributed by atoms with van der Waals surface area (Å²) in [7, 11) is -4.75. The van der Waals surface area contributed by atoms with Gasteiger partial charge < -0.3 is 25.2 Å². The van der Waals surface area contributed by atoms with Crippen LogP contribution in [0.5, 0.6) is 0 Å². The third-order valence-electron chi connectivity index (χ3n) is 7.99. The topological polar surface area (TPSA) is 169 Å². The van der Waals surface area contributed by atoms with Crippen molar-refractivity contribution in [2.24, 2.45) is 0 Å².